The first-order chi connectivity index (χ1) is 9.56. The van der Waals surface area contributed by atoms with E-state index in [2.05, 4.69) is 62.2 Å². The van der Waals surface area contributed by atoms with Crippen LogP contribution < -0.4 is 5.32 Å². The molecule has 0 amide bonds. The Morgan fingerprint density at radius 1 is 1.20 bits per heavy atom. The van der Waals surface area contributed by atoms with E-state index in [1.807, 2.05) is 0 Å². The molecule has 1 N–H and O–H groups in total. The molecule has 0 spiro atoms. The highest BCUT2D eigenvalue weighted by atomic mass is 16.5. The summed E-state index contributed by atoms with van der Waals surface area (Å²) in [6.45, 7) is 12.5. The standard InChI is InChI=1S/C17H30N2O/c1-6-19(15(4)13-20-5)12-17-9-7-8-16(10-17)11-18-14(2)3/h7-10,14-15,18H,6,11-13H2,1-5H3. The van der Waals surface area contributed by atoms with Crippen molar-refractivity contribution in [1.82, 2.24) is 10.2 Å². The Bertz CT molecular complexity index is 379. The predicted molar refractivity (Wildman–Crippen MR) is 85.8 cm³/mol. The van der Waals surface area contributed by atoms with Crippen LogP contribution in [0.1, 0.15) is 38.8 Å². The molecule has 20 heavy (non-hydrogen) atoms. The van der Waals surface area contributed by atoms with Gasteiger partial charge < -0.3 is 10.1 Å². The Hall–Kier alpha value is -0.900. The maximum absolute atomic E-state index is 5.26. The zero-order chi connectivity index (χ0) is 15.0. The average Bonchev–Trinajstić information content (AvgIpc) is 2.43. The van der Waals surface area contributed by atoms with Gasteiger partial charge in [0.2, 0.25) is 0 Å². The fourth-order valence-electron chi connectivity index (χ4n) is 2.32. The van der Waals surface area contributed by atoms with E-state index in [0.717, 1.165) is 26.2 Å². The Morgan fingerprint density at radius 2 is 1.90 bits per heavy atom. The van der Waals surface area contributed by atoms with E-state index in [9.17, 15) is 0 Å². The number of nitrogens with zero attached hydrogens (tertiary/aromatic N) is 1. The maximum atomic E-state index is 5.26. The number of ether oxygens (including phenoxy) is 1. The van der Waals surface area contributed by atoms with Gasteiger partial charge in [0, 0.05) is 32.3 Å². The minimum absolute atomic E-state index is 0.447. The fourth-order valence-corrected chi connectivity index (χ4v) is 2.32. The second-order valence-corrected chi connectivity index (χ2v) is 5.72. The van der Waals surface area contributed by atoms with Gasteiger partial charge in [-0.2, -0.15) is 0 Å². The van der Waals surface area contributed by atoms with Gasteiger partial charge in [-0.15, -0.1) is 0 Å². The minimum Gasteiger partial charge on any atom is -0.383 e. The van der Waals surface area contributed by atoms with Crippen molar-refractivity contribution >= 4 is 0 Å². The van der Waals surface area contributed by atoms with Gasteiger partial charge in [0.15, 0.2) is 0 Å². The lowest BCUT2D eigenvalue weighted by molar-refractivity contribution is 0.0982. The molecule has 0 bridgehead atoms. The fraction of sp³-hybridized carbons (Fsp3) is 0.647. The van der Waals surface area contributed by atoms with Crippen molar-refractivity contribution in [3.05, 3.63) is 35.4 Å². The highest BCUT2D eigenvalue weighted by Gasteiger charge is 2.12. The lowest BCUT2D eigenvalue weighted by Gasteiger charge is -2.27. The van der Waals surface area contributed by atoms with E-state index < -0.39 is 0 Å². The predicted octanol–water partition coefficient (Wildman–Crippen LogP) is 3.04. The molecule has 3 heteroatoms. The molecule has 0 saturated carbocycles. The molecule has 1 atom stereocenters. The van der Waals surface area contributed by atoms with Crippen LogP contribution in [-0.4, -0.2) is 37.2 Å². The molecule has 114 valence electrons. The third-order valence-electron chi connectivity index (χ3n) is 3.53. The number of hydrogen-bond donors (Lipinski definition) is 1. The van der Waals surface area contributed by atoms with Crippen LogP contribution in [0.5, 0.6) is 0 Å². The molecular formula is C17H30N2O. The summed E-state index contributed by atoms with van der Waals surface area (Å²) in [5.74, 6) is 0. The van der Waals surface area contributed by atoms with Gasteiger partial charge in [-0.05, 0) is 24.6 Å². The molecule has 1 aromatic carbocycles. The van der Waals surface area contributed by atoms with Crippen molar-refractivity contribution in [2.75, 3.05) is 20.3 Å². The number of hydrogen-bond acceptors (Lipinski definition) is 3. The molecule has 0 heterocycles. The van der Waals surface area contributed by atoms with Gasteiger partial charge in [-0.1, -0.05) is 45.0 Å². The van der Waals surface area contributed by atoms with Gasteiger partial charge in [0.1, 0.15) is 0 Å². The number of likely N-dealkylation sites (N-methyl/N-ethyl adjacent to an activating group) is 1. The Balaban J connectivity index is 2.63. The molecule has 0 aromatic heterocycles. The molecule has 1 unspecified atom stereocenters. The summed E-state index contributed by atoms with van der Waals surface area (Å²) in [7, 11) is 1.77. The third kappa shape index (κ3) is 6.04. The van der Waals surface area contributed by atoms with Crippen LogP contribution in [-0.2, 0) is 17.8 Å². The van der Waals surface area contributed by atoms with Gasteiger partial charge in [0.05, 0.1) is 6.61 Å². The molecule has 1 rings (SSSR count). The van der Waals surface area contributed by atoms with E-state index in [4.69, 9.17) is 4.74 Å². The molecular weight excluding hydrogens is 248 g/mol. The molecule has 0 radical (unpaired) electrons. The van der Waals surface area contributed by atoms with Crippen LogP contribution in [0.4, 0.5) is 0 Å². The molecule has 0 saturated heterocycles. The van der Waals surface area contributed by atoms with Gasteiger partial charge in [0.25, 0.3) is 0 Å². The summed E-state index contributed by atoms with van der Waals surface area (Å²) in [5.41, 5.74) is 2.73. The lowest BCUT2D eigenvalue weighted by Crippen LogP contribution is -2.35. The Morgan fingerprint density at radius 3 is 2.50 bits per heavy atom. The summed E-state index contributed by atoms with van der Waals surface area (Å²) in [6.07, 6.45) is 0. The van der Waals surface area contributed by atoms with Crippen LogP contribution >= 0.6 is 0 Å². The zero-order valence-electron chi connectivity index (χ0n) is 13.6. The van der Waals surface area contributed by atoms with Gasteiger partial charge in [-0.3, -0.25) is 4.90 Å². The number of nitrogens with one attached hydrogen (secondary N) is 1. The molecule has 0 aliphatic heterocycles. The van der Waals surface area contributed by atoms with E-state index in [1.165, 1.54) is 11.1 Å². The second-order valence-electron chi connectivity index (χ2n) is 5.72. The smallest absolute Gasteiger partial charge is 0.0615 e. The minimum atomic E-state index is 0.447. The summed E-state index contributed by atoms with van der Waals surface area (Å²) in [6, 6.07) is 9.82. The molecule has 1 aromatic rings. The van der Waals surface area contributed by atoms with Crippen LogP contribution in [0.25, 0.3) is 0 Å². The quantitative estimate of drug-likeness (QED) is 0.751. The van der Waals surface area contributed by atoms with Crippen molar-refractivity contribution < 1.29 is 4.74 Å². The third-order valence-corrected chi connectivity index (χ3v) is 3.53. The first-order valence-corrected chi connectivity index (χ1v) is 7.61. The number of benzene rings is 1. The summed E-state index contributed by atoms with van der Waals surface area (Å²) >= 11 is 0. The first kappa shape index (κ1) is 17.2. The highest BCUT2D eigenvalue weighted by Crippen LogP contribution is 2.11. The van der Waals surface area contributed by atoms with Crippen molar-refractivity contribution in [3.8, 4) is 0 Å². The maximum Gasteiger partial charge on any atom is 0.0615 e. The summed E-state index contributed by atoms with van der Waals surface area (Å²) < 4.78 is 5.26. The second kappa shape index (κ2) is 9.11. The normalized spacial score (nSPS) is 13.2. The lowest BCUT2D eigenvalue weighted by atomic mass is 10.1. The number of methoxy groups -OCH3 is 1. The van der Waals surface area contributed by atoms with Crippen LogP contribution in [0.2, 0.25) is 0 Å². The summed E-state index contributed by atoms with van der Waals surface area (Å²) in [5, 5.41) is 3.47. The van der Waals surface area contributed by atoms with E-state index in [-0.39, 0.29) is 0 Å². The van der Waals surface area contributed by atoms with Crippen molar-refractivity contribution in [2.24, 2.45) is 0 Å². The molecule has 0 fully saturated rings. The van der Waals surface area contributed by atoms with E-state index in [0.29, 0.717) is 12.1 Å². The summed E-state index contributed by atoms with van der Waals surface area (Å²) in [4.78, 5) is 2.44. The van der Waals surface area contributed by atoms with E-state index >= 15 is 0 Å². The Labute approximate surface area is 124 Å². The largest absolute Gasteiger partial charge is 0.383 e. The number of rotatable bonds is 9. The first-order valence-electron chi connectivity index (χ1n) is 7.61. The molecule has 0 aliphatic carbocycles. The van der Waals surface area contributed by atoms with Crippen molar-refractivity contribution in [2.45, 2.75) is 52.9 Å². The highest BCUT2D eigenvalue weighted by molar-refractivity contribution is 5.23. The topological polar surface area (TPSA) is 24.5 Å². The van der Waals surface area contributed by atoms with E-state index in [1.54, 1.807) is 7.11 Å². The molecule has 0 aliphatic rings. The zero-order valence-corrected chi connectivity index (χ0v) is 13.6. The van der Waals surface area contributed by atoms with Crippen LogP contribution in [0.3, 0.4) is 0 Å². The monoisotopic (exact) mass is 278 g/mol. The van der Waals surface area contributed by atoms with Crippen LogP contribution in [0.15, 0.2) is 24.3 Å². The van der Waals surface area contributed by atoms with Gasteiger partial charge >= 0.3 is 0 Å². The van der Waals surface area contributed by atoms with Crippen LogP contribution in [0, 0.1) is 0 Å². The SMILES string of the molecule is CCN(Cc1cccc(CNC(C)C)c1)C(C)COC. The van der Waals surface area contributed by atoms with Crippen molar-refractivity contribution in [3.63, 3.8) is 0 Å². The van der Waals surface area contributed by atoms with Crippen molar-refractivity contribution in [1.29, 1.82) is 0 Å². The molecule has 3 nitrogen and oxygen atoms in total. The van der Waals surface area contributed by atoms with Gasteiger partial charge in [-0.25, -0.2) is 0 Å². The Kier molecular flexibility index (Phi) is 7.82. The average molecular weight is 278 g/mol.